The van der Waals surface area contributed by atoms with Crippen LogP contribution in [0.3, 0.4) is 0 Å². The average molecular weight is 167 g/mol. The highest BCUT2D eigenvalue weighted by molar-refractivity contribution is 5.98. The van der Waals surface area contributed by atoms with E-state index in [4.69, 9.17) is 17.2 Å². The summed E-state index contributed by atoms with van der Waals surface area (Å²) in [7, 11) is 0. The van der Waals surface area contributed by atoms with Gasteiger partial charge in [-0.25, -0.2) is 4.98 Å². The van der Waals surface area contributed by atoms with Crippen molar-refractivity contribution in [2.75, 3.05) is 11.5 Å². The van der Waals surface area contributed by atoms with Crippen molar-refractivity contribution < 1.29 is 4.79 Å². The van der Waals surface area contributed by atoms with E-state index >= 15 is 0 Å². The Hall–Kier alpha value is -1.85. The van der Waals surface area contributed by atoms with Gasteiger partial charge in [0.2, 0.25) is 5.95 Å². The molecule has 0 bridgehead atoms. The number of anilines is 2. The zero-order chi connectivity index (χ0) is 9.30. The number of nitrogen functional groups attached to an aromatic ring is 2. The lowest BCUT2D eigenvalue weighted by atomic mass is 10.2. The van der Waals surface area contributed by atoms with Gasteiger partial charge in [0, 0.05) is 0 Å². The first-order valence-corrected chi connectivity index (χ1v) is 3.21. The summed E-state index contributed by atoms with van der Waals surface area (Å²) in [6, 6.07) is 0. The molecular weight excluding hydrogens is 158 g/mol. The SMILES string of the molecule is Cc1nc(N)nc(N)c1C(N)=O. The summed E-state index contributed by atoms with van der Waals surface area (Å²) in [5.41, 5.74) is 16.2. The van der Waals surface area contributed by atoms with Gasteiger partial charge in [-0.1, -0.05) is 0 Å². The van der Waals surface area contributed by atoms with Crippen LogP contribution in [-0.2, 0) is 0 Å². The van der Waals surface area contributed by atoms with Crippen molar-refractivity contribution in [3.63, 3.8) is 0 Å². The van der Waals surface area contributed by atoms with Crippen LogP contribution in [0.15, 0.2) is 0 Å². The molecule has 0 fully saturated rings. The number of rotatable bonds is 1. The van der Waals surface area contributed by atoms with E-state index in [2.05, 4.69) is 9.97 Å². The number of aryl methyl sites for hydroxylation is 1. The smallest absolute Gasteiger partial charge is 0.254 e. The van der Waals surface area contributed by atoms with E-state index in [0.29, 0.717) is 5.69 Å². The number of hydrogen-bond donors (Lipinski definition) is 3. The fraction of sp³-hybridized carbons (Fsp3) is 0.167. The van der Waals surface area contributed by atoms with Crippen LogP contribution in [0, 0.1) is 6.92 Å². The summed E-state index contributed by atoms with van der Waals surface area (Å²) in [5, 5.41) is 0. The van der Waals surface area contributed by atoms with Gasteiger partial charge < -0.3 is 17.2 Å². The van der Waals surface area contributed by atoms with Crippen molar-refractivity contribution in [3.05, 3.63) is 11.3 Å². The van der Waals surface area contributed by atoms with Gasteiger partial charge in [-0.15, -0.1) is 0 Å². The van der Waals surface area contributed by atoms with Gasteiger partial charge in [0.05, 0.1) is 5.69 Å². The normalized spacial score (nSPS) is 9.75. The van der Waals surface area contributed by atoms with Crippen LogP contribution in [0.4, 0.5) is 11.8 Å². The number of aromatic nitrogens is 2. The standard InChI is InChI=1S/C6H9N5O/c1-2-3(5(8)12)4(7)11-6(9)10-2/h1H3,(H2,8,12)(H4,7,9,10,11). The minimum Gasteiger partial charge on any atom is -0.383 e. The summed E-state index contributed by atoms with van der Waals surface area (Å²) < 4.78 is 0. The largest absolute Gasteiger partial charge is 0.383 e. The highest BCUT2D eigenvalue weighted by atomic mass is 16.1. The lowest BCUT2D eigenvalue weighted by Gasteiger charge is -2.03. The Morgan fingerprint density at radius 2 is 1.92 bits per heavy atom. The van der Waals surface area contributed by atoms with Crippen LogP contribution in [0.5, 0.6) is 0 Å². The average Bonchev–Trinajstić information content (AvgIpc) is 1.82. The lowest BCUT2D eigenvalue weighted by Crippen LogP contribution is -2.18. The quantitative estimate of drug-likeness (QED) is 0.497. The van der Waals surface area contributed by atoms with E-state index in [9.17, 15) is 4.79 Å². The molecule has 1 amide bonds. The summed E-state index contributed by atoms with van der Waals surface area (Å²) in [6.45, 7) is 1.59. The number of hydrogen-bond acceptors (Lipinski definition) is 5. The zero-order valence-corrected chi connectivity index (χ0v) is 6.53. The van der Waals surface area contributed by atoms with Crippen molar-refractivity contribution >= 4 is 17.7 Å². The van der Waals surface area contributed by atoms with Crippen molar-refractivity contribution in [1.82, 2.24) is 9.97 Å². The van der Waals surface area contributed by atoms with Crippen molar-refractivity contribution in [3.8, 4) is 0 Å². The molecule has 0 unspecified atom stereocenters. The molecule has 6 heteroatoms. The minimum absolute atomic E-state index is 0.0208. The van der Waals surface area contributed by atoms with Gasteiger partial charge in [0.25, 0.3) is 5.91 Å². The molecule has 64 valence electrons. The Labute approximate surface area is 68.8 Å². The second-order valence-electron chi connectivity index (χ2n) is 2.29. The van der Waals surface area contributed by atoms with Crippen LogP contribution < -0.4 is 17.2 Å². The van der Waals surface area contributed by atoms with Crippen LogP contribution in [0.2, 0.25) is 0 Å². The first kappa shape index (κ1) is 8.25. The number of primary amides is 1. The molecule has 6 N–H and O–H groups in total. The summed E-state index contributed by atoms with van der Waals surface area (Å²) in [6.07, 6.45) is 0. The molecule has 0 aliphatic heterocycles. The van der Waals surface area contributed by atoms with Gasteiger partial charge in [-0.2, -0.15) is 4.98 Å². The van der Waals surface area contributed by atoms with E-state index in [0.717, 1.165) is 0 Å². The molecule has 0 saturated carbocycles. The van der Waals surface area contributed by atoms with Crippen molar-refractivity contribution in [2.24, 2.45) is 5.73 Å². The van der Waals surface area contributed by atoms with E-state index in [-0.39, 0.29) is 17.3 Å². The maximum atomic E-state index is 10.8. The van der Waals surface area contributed by atoms with E-state index in [1.165, 1.54) is 0 Å². The third kappa shape index (κ3) is 1.26. The molecule has 6 nitrogen and oxygen atoms in total. The number of carbonyl (C=O) groups is 1. The minimum atomic E-state index is -0.648. The first-order chi connectivity index (χ1) is 5.52. The highest BCUT2D eigenvalue weighted by Gasteiger charge is 2.12. The van der Waals surface area contributed by atoms with Gasteiger partial charge >= 0.3 is 0 Å². The van der Waals surface area contributed by atoms with Gasteiger partial charge in [-0.05, 0) is 6.92 Å². The first-order valence-electron chi connectivity index (χ1n) is 3.21. The molecule has 0 radical (unpaired) electrons. The van der Waals surface area contributed by atoms with E-state index < -0.39 is 5.91 Å². The Morgan fingerprint density at radius 3 is 2.33 bits per heavy atom. The summed E-state index contributed by atoms with van der Waals surface area (Å²) >= 11 is 0. The molecule has 1 heterocycles. The predicted molar refractivity (Wildman–Crippen MR) is 44.1 cm³/mol. The van der Waals surface area contributed by atoms with Crippen molar-refractivity contribution in [1.29, 1.82) is 0 Å². The molecule has 1 rings (SSSR count). The molecule has 0 atom stereocenters. The predicted octanol–water partition coefficient (Wildman–Crippen LogP) is -0.952. The van der Waals surface area contributed by atoms with Crippen molar-refractivity contribution in [2.45, 2.75) is 6.92 Å². The third-order valence-electron chi connectivity index (χ3n) is 1.38. The molecule has 1 aromatic heterocycles. The summed E-state index contributed by atoms with van der Waals surface area (Å²) in [4.78, 5) is 18.1. The molecule has 0 spiro atoms. The van der Waals surface area contributed by atoms with Gasteiger partial charge in [0.1, 0.15) is 11.4 Å². The number of carbonyl (C=O) groups excluding carboxylic acids is 1. The van der Waals surface area contributed by atoms with Gasteiger partial charge in [0.15, 0.2) is 0 Å². The number of amides is 1. The maximum absolute atomic E-state index is 10.8. The third-order valence-corrected chi connectivity index (χ3v) is 1.38. The maximum Gasteiger partial charge on any atom is 0.254 e. The Morgan fingerprint density at radius 1 is 1.33 bits per heavy atom. The van der Waals surface area contributed by atoms with Gasteiger partial charge in [-0.3, -0.25) is 4.79 Å². The molecule has 1 aromatic rings. The molecule has 0 saturated heterocycles. The topological polar surface area (TPSA) is 121 Å². The van der Waals surface area contributed by atoms with Crippen LogP contribution in [0.1, 0.15) is 16.1 Å². The van der Waals surface area contributed by atoms with E-state index in [1.807, 2.05) is 0 Å². The molecule has 0 aliphatic carbocycles. The fourth-order valence-corrected chi connectivity index (χ4v) is 0.922. The van der Waals surface area contributed by atoms with Crippen LogP contribution in [-0.4, -0.2) is 15.9 Å². The Bertz CT molecular complexity index is 312. The highest BCUT2D eigenvalue weighted by Crippen LogP contribution is 2.12. The lowest BCUT2D eigenvalue weighted by molar-refractivity contribution is 0.1000. The Balaban J connectivity index is 3.38. The number of nitrogens with two attached hydrogens (primary N) is 3. The monoisotopic (exact) mass is 167 g/mol. The molecule has 0 aliphatic rings. The Kier molecular flexibility index (Phi) is 1.82. The second kappa shape index (κ2) is 2.65. The molecule has 12 heavy (non-hydrogen) atoms. The number of nitrogens with zero attached hydrogens (tertiary/aromatic N) is 2. The molecular formula is C6H9N5O. The van der Waals surface area contributed by atoms with Crippen LogP contribution >= 0.6 is 0 Å². The zero-order valence-electron chi connectivity index (χ0n) is 6.53. The fourth-order valence-electron chi connectivity index (χ4n) is 0.922. The summed E-state index contributed by atoms with van der Waals surface area (Å²) in [5.74, 6) is -0.590. The van der Waals surface area contributed by atoms with Crippen LogP contribution in [0.25, 0.3) is 0 Å². The van der Waals surface area contributed by atoms with E-state index in [1.54, 1.807) is 6.92 Å². The second-order valence-corrected chi connectivity index (χ2v) is 2.29. The molecule has 0 aromatic carbocycles.